The average Bonchev–Trinajstić information content (AvgIpc) is 2.64. The molecule has 26 heavy (non-hydrogen) atoms. The van der Waals surface area contributed by atoms with E-state index in [9.17, 15) is 15.2 Å². The number of nitriles is 1. The highest BCUT2D eigenvalue weighted by molar-refractivity contribution is 5.81. The van der Waals surface area contributed by atoms with Gasteiger partial charge >= 0.3 is 0 Å². The summed E-state index contributed by atoms with van der Waals surface area (Å²) in [6.45, 7) is 4.74. The second-order valence-electron chi connectivity index (χ2n) is 6.67. The Morgan fingerprint density at radius 1 is 1.38 bits per heavy atom. The van der Waals surface area contributed by atoms with Gasteiger partial charge in [-0.15, -0.1) is 0 Å². The number of allylic oxidation sites excluding steroid dienone is 1. The van der Waals surface area contributed by atoms with Crippen molar-refractivity contribution in [1.29, 1.82) is 5.26 Å². The number of carbonyl (C=O) groups excluding carboxylic acids is 1. The van der Waals surface area contributed by atoms with Gasteiger partial charge in [0.1, 0.15) is 6.04 Å². The van der Waals surface area contributed by atoms with Gasteiger partial charge in [-0.1, -0.05) is 36.4 Å². The van der Waals surface area contributed by atoms with Crippen LogP contribution in [0.3, 0.4) is 0 Å². The lowest BCUT2D eigenvalue weighted by Gasteiger charge is -2.52. The number of ether oxygens (including phenoxy) is 1. The van der Waals surface area contributed by atoms with Crippen LogP contribution in [0, 0.1) is 11.3 Å². The number of nitrogens with zero attached hydrogens (tertiary/aromatic N) is 3. The number of aliphatic hydroxyl groups is 1. The van der Waals surface area contributed by atoms with E-state index in [1.807, 2.05) is 48.2 Å². The molecule has 0 radical (unpaired) electrons. The van der Waals surface area contributed by atoms with Crippen molar-refractivity contribution in [3.63, 3.8) is 0 Å². The normalized spacial score (nSPS) is 26.5. The Morgan fingerprint density at radius 2 is 2.12 bits per heavy atom. The molecule has 138 valence electrons. The molecule has 0 unspecified atom stereocenters. The number of carbonyl (C=O) groups is 1. The summed E-state index contributed by atoms with van der Waals surface area (Å²) in [6, 6.07) is 9.23. The van der Waals surface area contributed by atoms with Crippen molar-refractivity contribution in [2.24, 2.45) is 0 Å². The second kappa shape index (κ2) is 8.45. The smallest absolute Gasteiger partial charge is 0.238 e. The fraction of sp³-hybridized carbons (Fsp3) is 0.500. The molecule has 1 amide bonds. The van der Waals surface area contributed by atoms with Gasteiger partial charge in [-0.25, -0.2) is 0 Å². The SMILES string of the molecule is C/C=C/c1ccccc1[C@H]1[C@H](C#N)N(C(=O)CN2CCOCC2)[C@H]1CO. The van der Waals surface area contributed by atoms with Crippen molar-refractivity contribution in [1.82, 2.24) is 9.80 Å². The third-order valence-electron chi connectivity index (χ3n) is 5.18. The third-order valence-corrected chi connectivity index (χ3v) is 5.18. The van der Waals surface area contributed by atoms with E-state index in [2.05, 4.69) is 6.07 Å². The number of likely N-dealkylation sites (tertiary alicyclic amines) is 1. The third kappa shape index (κ3) is 3.51. The number of benzene rings is 1. The van der Waals surface area contributed by atoms with Gasteiger partial charge in [0.25, 0.3) is 0 Å². The highest BCUT2D eigenvalue weighted by atomic mass is 16.5. The maximum Gasteiger partial charge on any atom is 0.238 e. The minimum atomic E-state index is -0.549. The number of amides is 1. The lowest BCUT2D eigenvalue weighted by atomic mass is 9.74. The van der Waals surface area contributed by atoms with Crippen LogP contribution in [-0.2, 0) is 9.53 Å². The Balaban J connectivity index is 1.80. The van der Waals surface area contributed by atoms with E-state index in [0.29, 0.717) is 26.3 Å². The summed E-state index contributed by atoms with van der Waals surface area (Å²) in [5, 5.41) is 19.6. The van der Waals surface area contributed by atoms with Gasteiger partial charge in [-0.3, -0.25) is 9.69 Å². The molecule has 6 nitrogen and oxygen atoms in total. The summed E-state index contributed by atoms with van der Waals surface area (Å²) in [7, 11) is 0. The zero-order chi connectivity index (χ0) is 18.5. The fourth-order valence-corrected chi connectivity index (χ4v) is 3.90. The van der Waals surface area contributed by atoms with Crippen LogP contribution in [0.5, 0.6) is 0 Å². The molecule has 0 bridgehead atoms. The molecule has 2 heterocycles. The van der Waals surface area contributed by atoms with Crippen LogP contribution in [-0.4, -0.2) is 72.4 Å². The molecule has 3 rings (SSSR count). The van der Waals surface area contributed by atoms with Gasteiger partial charge in [-0.05, 0) is 18.1 Å². The predicted molar refractivity (Wildman–Crippen MR) is 98.3 cm³/mol. The zero-order valence-electron chi connectivity index (χ0n) is 15.0. The van der Waals surface area contributed by atoms with Gasteiger partial charge in [0.2, 0.25) is 5.91 Å². The van der Waals surface area contributed by atoms with Gasteiger partial charge < -0.3 is 14.7 Å². The molecule has 0 aliphatic carbocycles. The first-order valence-electron chi connectivity index (χ1n) is 9.04. The van der Waals surface area contributed by atoms with Crippen molar-refractivity contribution in [2.45, 2.75) is 24.9 Å². The standard InChI is InChI=1S/C20H25N3O3/c1-2-5-15-6-3-4-7-16(15)20-17(12-21)23(18(20)14-24)19(25)13-22-8-10-26-11-9-22/h2-7,17-18,20,24H,8-11,13-14H2,1H3/b5-2+/t17-,18-,20-/m0/s1. The quantitative estimate of drug-likeness (QED) is 0.860. The molecular weight excluding hydrogens is 330 g/mol. The summed E-state index contributed by atoms with van der Waals surface area (Å²) in [5.74, 6) is -0.275. The Morgan fingerprint density at radius 3 is 2.77 bits per heavy atom. The first-order valence-corrected chi connectivity index (χ1v) is 9.04. The summed E-state index contributed by atoms with van der Waals surface area (Å²) < 4.78 is 5.31. The molecule has 2 aliphatic rings. The van der Waals surface area contributed by atoms with Crippen LogP contribution in [0.1, 0.15) is 24.0 Å². The van der Waals surface area contributed by atoms with E-state index in [4.69, 9.17) is 4.74 Å². The largest absolute Gasteiger partial charge is 0.394 e. The Bertz CT molecular complexity index is 706. The van der Waals surface area contributed by atoms with Crippen LogP contribution in [0.4, 0.5) is 0 Å². The highest BCUT2D eigenvalue weighted by Crippen LogP contribution is 2.42. The van der Waals surface area contributed by atoms with Crippen LogP contribution in [0.15, 0.2) is 30.3 Å². The number of aliphatic hydroxyl groups excluding tert-OH is 1. The topological polar surface area (TPSA) is 76.8 Å². The maximum atomic E-state index is 12.8. The number of rotatable bonds is 5. The monoisotopic (exact) mass is 355 g/mol. The van der Waals surface area contributed by atoms with Crippen molar-refractivity contribution >= 4 is 12.0 Å². The summed E-state index contributed by atoms with van der Waals surface area (Å²) >= 11 is 0. The number of morpholine rings is 1. The lowest BCUT2D eigenvalue weighted by Crippen LogP contribution is -2.66. The van der Waals surface area contributed by atoms with Crippen LogP contribution >= 0.6 is 0 Å². The maximum absolute atomic E-state index is 12.8. The van der Waals surface area contributed by atoms with Crippen LogP contribution < -0.4 is 0 Å². The Kier molecular flexibility index (Phi) is 6.04. The number of hydrogen-bond acceptors (Lipinski definition) is 5. The highest BCUT2D eigenvalue weighted by Gasteiger charge is 2.52. The molecule has 1 aromatic carbocycles. The second-order valence-corrected chi connectivity index (χ2v) is 6.67. The number of hydrogen-bond donors (Lipinski definition) is 1. The molecule has 2 aliphatic heterocycles. The average molecular weight is 355 g/mol. The van der Waals surface area contributed by atoms with Crippen LogP contribution in [0.2, 0.25) is 0 Å². The van der Waals surface area contributed by atoms with Crippen molar-refractivity contribution in [3.8, 4) is 6.07 Å². The van der Waals surface area contributed by atoms with E-state index in [-0.39, 0.29) is 31.0 Å². The molecule has 3 atom stereocenters. The summed E-state index contributed by atoms with van der Waals surface area (Å²) in [6.07, 6.45) is 3.95. The van der Waals surface area contributed by atoms with E-state index in [1.54, 1.807) is 4.90 Å². The van der Waals surface area contributed by atoms with E-state index >= 15 is 0 Å². The first-order chi connectivity index (χ1) is 12.7. The molecule has 1 aromatic rings. The van der Waals surface area contributed by atoms with Crippen molar-refractivity contribution in [3.05, 3.63) is 41.5 Å². The summed E-state index contributed by atoms with van der Waals surface area (Å²) in [5.41, 5.74) is 2.03. The molecule has 2 fully saturated rings. The Labute approximate surface area is 154 Å². The molecule has 6 heteroatoms. The zero-order valence-corrected chi connectivity index (χ0v) is 15.0. The minimum absolute atomic E-state index is 0.0998. The van der Waals surface area contributed by atoms with Gasteiger partial charge in [0.05, 0.1) is 38.5 Å². The van der Waals surface area contributed by atoms with Crippen LogP contribution in [0.25, 0.3) is 6.08 Å². The van der Waals surface area contributed by atoms with E-state index in [0.717, 1.165) is 11.1 Å². The van der Waals surface area contributed by atoms with Gasteiger partial charge in [-0.2, -0.15) is 5.26 Å². The molecule has 0 aromatic heterocycles. The van der Waals surface area contributed by atoms with Gasteiger partial charge in [0.15, 0.2) is 0 Å². The fourth-order valence-electron chi connectivity index (χ4n) is 3.90. The molecule has 0 saturated carbocycles. The van der Waals surface area contributed by atoms with Gasteiger partial charge in [0, 0.05) is 19.0 Å². The van der Waals surface area contributed by atoms with E-state index < -0.39 is 6.04 Å². The molecular formula is C20H25N3O3. The summed E-state index contributed by atoms with van der Waals surface area (Å²) in [4.78, 5) is 16.4. The van der Waals surface area contributed by atoms with Crippen molar-refractivity contribution < 1.29 is 14.6 Å². The lowest BCUT2D eigenvalue weighted by molar-refractivity contribution is -0.149. The van der Waals surface area contributed by atoms with Crippen molar-refractivity contribution in [2.75, 3.05) is 39.5 Å². The molecule has 1 N–H and O–H groups in total. The first kappa shape index (κ1) is 18.6. The predicted octanol–water partition coefficient (Wildman–Crippen LogP) is 1.23. The molecule has 2 saturated heterocycles. The minimum Gasteiger partial charge on any atom is -0.394 e. The Hall–Kier alpha value is -2.20. The van der Waals surface area contributed by atoms with E-state index in [1.165, 1.54) is 0 Å². The molecule has 0 spiro atoms.